The Hall–Kier alpha value is -2.44. The third kappa shape index (κ3) is 3.55. The van der Waals surface area contributed by atoms with Crippen LogP contribution in [0.4, 0.5) is 10.1 Å². The second kappa shape index (κ2) is 5.76. The van der Waals surface area contributed by atoms with Crippen molar-refractivity contribution in [3.05, 3.63) is 29.6 Å². The molecule has 1 aromatic rings. The second-order valence-electron chi connectivity index (χ2n) is 3.41. The molecule has 96 valence electrons. The van der Waals surface area contributed by atoms with Gasteiger partial charge in [0.05, 0.1) is 17.7 Å². The number of rotatable bonds is 5. The van der Waals surface area contributed by atoms with Crippen molar-refractivity contribution < 1.29 is 29.0 Å². The first-order valence-electron chi connectivity index (χ1n) is 4.95. The standard InChI is InChI=1S/C11H10FNO5/c12-7-3-1-2-6(11(17)18)10(7)13-8(14)4-5-9(15)16/h1-3H,4-5H2,(H,13,14)(H,15,16)(H,17,18). The first-order valence-corrected chi connectivity index (χ1v) is 4.95. The number of anilines is 1. The number of aromatic carboxylic acids is 1. The van der Waals surface area contributed by atoms with Gasteiger partial charge in [-0.25, -0.2) is 9.18 Å². The highest BCUT2D eigenvalue weighted by molar-refractivity contribution is 6.01. The Balaban J connectivity index is 2.86. The lowest BCUT2D eigenvalue weighted by molar-refractivity contribution is -0.138. The maximum absolute atomic E-state index is 13.4. The molecule has 0 radical (unpaired) electrons. The van der Waals surface area contributed by atoms with Gasteiger partial charge >= 0.3 is 11.9 Å². The fourth-order valence-corrected chi connectivity index (χ4v) is 1.25. The van der Waals surface area contributed by atoms with E-state index >= 15 is 0 Å². The van der Waals surface area contributed by atoms with Gasteiger partial charge in [-0.1, -0.05) is 6.07 Å². The summed E-state index contributed by atoms with van der Waals surface area (Å²) in [4.78, 5) is 32.4. The molecule has 0 spiro atoms. The number of halogens is 1. The lowest BCUT2D eigenvalue weighted by atomic mass is 10.1. The van der Waals surface area contributed by atoms with Crippen molar-refractivity contribution in [2.75, 3.05) is 5.32 Å². The summed E-state index contributed by atoms with van der Waals surface area (Å²) >= 11 is 0. The van der Waals surface area contributed by atoms with Crippen LogP contribution in [0.5, 0.6) is 0 Å². The molecule has 0 atom stereocenters. The predicted molar refractivity (Wildman–Crippen MR) is 58.9 cm³/mol. The van der Waals surface area contributed by atoms with Crippen LogP contribution in [-0.4, -0.2) is 28.1 Å². The average molecular weight is 255 g/mol. The fraction of sp³-hybridized carbons (Fsp3) is 0.182. The van der Waals surface area contributed by atoms with E-state index in [0.29, 0.717) is 0 Å². The fourth-order valence-electron chi connectivity index (χ4n) is 1.25. The van der Waals surface area contributed by atoms with Crippen LogP contribution >= 0.6 is 0 Å². The number of hydrogen-bond acceptors (Lipinski definition) is 3. The molecule has 0 aliphatic heterocycles. The monoisotopic (exact) mass is 255 g/mol. The smallest absolute Gasteiger partial charge is 0.337 e. The van der Waals surface area contributed by atoms with Gasteiger partial charge in [0.15, 0.2) is 0 Å². The highest BCUT2D eigenvalue weighted by atomic mass is 19.1. The molecule has 6 nitrogen and oxygen atoms in total. The molecule has 0 bridgehead atoms. The van der Waals surface area contributed by atoms with Crippen LogP contribution in [-0.2, 0) is 9.59 Å². The van der Waals surface area contributed by atoms with Crippen LogP contribution in [0.1, 0.15) is 23.2 Å². The molecule has 1 amide bonds. The number of nitrogens with one attached hydrogen (secondary N) is 1. The number of para-hydroxylation sites is 1. The van der Waals surface area contributed by atoms with E-state index in [1.165, 1.54) is 6.07 Å². The molecule has 0 aliphatic rings. The van der Waals surface area contributed by atoms with Crippen LogP contribution < -0.4 is 5.32 Å². The number of carbonyl (C=O) groups excluding carboxylic acids is 1. The molecule has 0 aliphatic carbocycles. The van der Waals surface area contributed by atoms with Crippen molar-refractivity contribution in [3.63, 3.8) is 0 Å². The van der Waals surface area contributed by atoms with E-state index in [9.17, 15) is 18.8 Å². The molecule has 0 heterocycles. The van der Waals surface area contributed by atoms with Gasteiger partial charge in [0.1, 0.15) is 5.82 Å². The molecule has 1 aromatic carbocycles. The van der Waals surface area contributed by atoms with Crippen molar-refractivity contribution in [2.45, 2.75) is 12.8 Å². The Kier molecular flexibility index (Phi) is 4.36. The Bertz CT molecular complexity index is 500. The summed E-state index contributed by atoms with van der Waals surface area (Å²) in [5.41, 5.74) is -0.848. The van der Waals surface area contributed by atoms with Crippen molar-refractivity contribution in [1.29, 1.82) is 0 Å². The molecule has 18 heavy (non-hydrogen) atoms. The first-order chi connectivity index (χ1) is 8.41. The number of carboxylic acids is 2. The quantitative estimate of drug-likeness (QED) is 0.736. The zero-order valence-electron chi connectivity index (χ0n) is 9.14. The van der Waals surface area contributed by atoms with Crippen molar-refractivity contribution in [3.8, 4) is 0 Å². The molecular weight excluding hydrogens is 245 g/mol. The van der Waals surface area contributed by atoms with Crippen molar-refractivity contribution >= 4 is 23.5 Å². The van der Waals surface area contributed by atoms with Crippen molar-refractivity contribution in [1.82, 2.24) is 0 Å². The van der Waals surface area contributed by atoms with Gasteiger partial charge in [-0.05, 0) is 12.1 Å². The van der Waals surface area contributed by atoms with Gasteiger partial charge in [-0.3, -0.25) is 9.59 Å². The predicted octanol–water partition coefficient (Wildman–Crippen LogP) is 1.33. The largest absolute Gasteiger partial charge is 0.481 e. The van der Waals surface area contributed by atoms with E-state index < -0.39 is 41.3 Å². The summed E-state index contributed by atoms with van der Waals surface area (Å²) in [5, 5.41) is 19.2. The first kappa shape index (κ1) is 13.6. The van der Waals surface area contributed by atoms with E-state index in [1.807, 2.05) is 0 Å². The zero-order valence-corrected chi connectivity index (χ0v) is 9.14. The van der Waals surface area contributed by atoms with E-state index in [-0.39, 0.29) is 6.42 Å². The number of carbonyl (C=O) groups is 3. The van der Waals surface area contributed by atoms with Crippen molar-refractivity contribution in [2.24, 2.45) is 0 Å². The topological polar surface area (TPSA) is 104 Å². The summed E-state index contributed by atoms with van der Waals surface area (Å²) in [5.74, 6) is -4.20. The Morgan fingerprint density at radius 2 is 1.83 bits per heavy atom. The van der Waals surface area contributed by atoms with E-state index in [4.69, 9.17) is 10.2 Å². The zero-order chi connectivity index (χ0) is 13.7. The van der Waals surface area contributed by atoms with Crippen LogP contribution in [0.3, 0.4) is 0 Å². The Labute approximate surface area is 101 Å². The molecular formula is C11H10FNO5. The maximum atomic E-state index is 13.4. The number of carboxylic acid groups (broad SMARTS) is 2. The number of amides is 1. The molecule has 0 unspecified atom stereocenters. The second-order valence-corrected chi connectivity index (χ2v) is 3.41. The Morgan fingerprint density at radius 3 is 2.39 bits per heavy atom. The van der Waals surface area contributed by atoms with E-state index in [1.54, 1.807) is 0 Å². The third-order valence-corrected chi connectivity index (χ3v) is 2.07. The van der Waals surface area contributed by atoms with E-state index in [0.717, 1.165) is 12.1 Å². The van der Waals surface area contributed by atoms with Gasteiger partial charge in [0.25, 0.3) is 0 Å². The average Bonchev–Trinajstić information content (AvgIpc) is 2.28. The molecule has 0 saturated carbocycles. The van der Waals surface area contributed by atoms with Gasteiger partial charge in [0.2, 0.25) is 5.91 Å². The van der Waals surface area contributed by atoms with Crippen LogP contribution in [0, 0.1) is 5.82 Å². The molecule has 1 rings (SSSR count). The summed E-state index contributed by atoms with van der Waals surface area (Å²) in [6.07, 6.45) is -0.772. The molecule has 0 saturated heterocycles. The minimum absolute atomic E-state index is 0.358. The normalized spacial score (nSPS) is 9.83. The molecule has 7 heteroatoms. The SMILES string of the molecule is O=C(O)CCC(=O)Nc1c(F)cccc1C(=O)O. The molecule has 0 fully saturated rings. The number of aliphatic carboxylic acids is 1. The van der Waals surface area contributed by atoms with Gasteiger partial charge in [-0.2, -0.15) is 0 Å². The highest BCUT2D eigenvalue weighted by Crippen LogP contribution is 2.20. The lowest BCUT2D eigenvalue weighted by Gasteiger charge is -2.08. The number of hydrogen-bond donors (Lipinski definition) is 3. The molecule has 3 N–H and O–H groups in total. The highest BCUT2D eigenvalue weighted by Gasteiger charge is 2.16. The summed E-state index contributed by atoms with van der Waals surface area (Å²) in [6, 6.07) is 3.34. The maximum Gasteiger partial charge on any atom is 0.337 e. The summed E-state index contributed by atoms with van der Waals surface area (Å²) in [7, 11) is 0. The van der Waals surface area contributed by atoms with Gasteiger partial charge < -0.3 is 15.5 Å². The minimum Gasteiger partial charge on any atom is -0.481 e. The summed E-state index contributed by atoms with van der Waals surface area (Å²) < 4.78 is 13.4. The Morgan fingerprint density at radius 1 is 1.17 bits per heavy atom. The van der Waals surface area contributed by atoms with Gasteiger partial charge in [0, 0.05) is 6.42 Å². The van der Waals surface area contributed by atoms with Gasteiger partial charge in [-0.15, -0.1) is 0 Å². The van der Waals surface area contributed by atoms with Crippen LogP contribution in [0.15, 0.2) is 18.2 Å². The van der Waals surface area contributed by atoms with Crippen LogP contribution in [0.2, 0.25) is 0 Å². The van der Waals surface area contributed by atoms with Crippen LogP contribution in [0.25, 0.3) is 0 Å². The third-order valence-electron chi connectivity index (χ3n) is 2.07. The van der Waals surface area contributed by atoms with E-state index in [2.05, 4.69) is 5.32 Å². The summed E-state index contributed by atoms with van der Waals surface area (Å²) in [6.45, 7) is 0. The lowest BCUT2D eigenvalue weighted by Crippen LogP contribution is -2.16. The number of benzene rings is 1. The molecule has 0 aromatic heterocycles. The minimum atomic E-state index is -1.39.